The van der Waals surface area contributed by atoms with Crippen LogP contribution >= 0.6 is 24.0 Å². The van der Waals surface area contributed by atoms with Crippen LogP contribution in [0.1, 0.15) is 47.0 Å². The number of hydrogen-bond acceptors (Lipinski definition) is 6. The highest BCUT2D eigenvalue weighted by atomic mass is 32.2. The second-order valence-corrected chi connectivity index (χ2v) is 9.52. The smallest absolute Gasteiger partial charge is 0.358 e. The van der Waals surface area contributed by atoms with Crippen LogP contribution in [0.15, 0.2) is 41.8 Å². The first kappa shape index (κ1) is 22.8. The number of hydrogen-bond donors (Lipinski definition) is 0. The van der Waals surface area contributed by atoms with E-state index in [9.17, 15) is 4.79 Å². The summed E-state index contributed by atoms with van der Waals surface area (Å²) in [6.07, 6.45) is 4.61. The number of carbonyl (C=O) groups excluding carboxylic acids is 1. The van der Waals surface area contributed by atoms with Gasteiger partial charge in [-0.25, -0.2) is 4.79 Å². The molecule has 0 aliphatic heterocycles. The Labute approximate surface area is 178 Å². The summed E-state index contributed by atoms with van der Waals surface area (Å²) in [6, 6.07) is 9.45. The number of rotatable bonds is 7. The first-order valence-corrected chi connectivity index (χ1v) is 11.0. The van der Waals surface area contributed by atoms with Crippen molar-refractivity contribution < 1.29 is 19.0 Å². The van der Waals surface area contributed by atoms with Crippen molar-refractivity contribution >= 4 is 35.2 Å². The van der Waals surface area contributed by atoms with Gasteiger partial charge < -0.3 is 14.2 Å². The standard InChI is InChI=1S/C22H30O4S2/c1-5-24-20(23)13-14-28-22(3,4)18-12-11-16(2)15-19(18)26-21(27)25-17-9-7-6-8-10-17/h6-10,13-14,16,18-19H,5,11-12,15H2,1-4H3/b14-13+/t16-,18-,19-/m1/s1. The summed E-state index contributed by atoms with van der Waals surface area (Å²) < 4.78 is 16.6. The van der Waals surface area contributed by atoms with E-state index in [-0.39, 0.29) is 28.0 Å². The number of thioether (sulfide) groups is 1. The highest BCUT2D eigenvalue weighted by Gasteiger charge is 2.41. The molecule has 2 rings (SSSR count). The molecule has 4 nitrogen and oxygen atoms in total. The fourth-order valence-electron chi connectivity index (χ4n) is 3.53. The van der Waals surface area contributed by atoms with Gasteiger partial charge in [-0.1, -0.05) is 31.5 Å². The quantitative estimate of drug-likeness (QED) is 0.316. The molecule has 1 aromatic carbocycles. The zero-order valence-corrected chi connectivity index (χ0v) is 18.7. The Kier molecular flexibility index (Phi) is 8.83. The topological polar surface area (TPSA) is 44.8 Å². The van der Waals surface area contributed by atoms with Gasteiger partial charge >= 0.3 is 11.2 Å². The molecule has 0 heterocycles. The third kappa shape index (κ3) is 7.13. The first-order chi connectivity index (χ1) is 13.3. The zero-order valence-electron chi connectivity index (χ0n) is 17.1. The van der Waals surface area contributed by atoms with E-state index in [0.29, 0.717) is 18.3 Å². The predicted octanol–water partition coefficient (Wildman–Crippen LogP) is 5.76. The second-order valence-electron chi connectivity index (χ2n) is 7.62. The van der Waals surface area contributed by atoms with Crippen molar-refractivity contribution in [3.63, 3.8) is 0 Å². The van der Waals surface area contributed by atoms with Gasteiger partial charge in [0.25, 0.3) is 0 Å². The minimum absolute atomic E-state index is 0.0153. The van der Waals surface area contributed by atoms with E-state index in [1.165, 1.54) is 6.08 Å². The number of para-hydroxylation sites is 1. The molecule has 6 heteroatoms. The molecule has 1 fully saturated rings. The van der Waals surface area contributed by atoms with Gasteiger partial charge in [-0.05, 0) is 57.1 Å². The lowest BCUT2D eigenvalue weighted by molar-refractivity contribution is -0.137. The van der Waals surface area contributed by atoms with Crippen LogP contribution in [0.5, 0.6) is 5.75 Å². The van der Waals surface area contributed by atoms with E-state index in [1.54, 1.807) is 18.7 Å². The molecule has 1 aliphatic rings. The van der Waals surface area contributed by atoms with E-state index in [0.717, 1.165) is 19.3 Å². The molecule has 3 atom stereocenters. The molecule has 0 bridgehead atoms. The van der Waals surface area contributed by atoms with Gasteiger partial charge in [-0.2, -0.15) is 0 Å². The molecular formula is C22H30O4S2. The SMILES string of the molecule is CCOC(=O)/C=C/SC(C)(C)[C@@H]1CC[C@@H](C)C[C@H]1OC(=S)Oc1ccccc1. The Balaban J connectivity index is 2.01. The summed E-state index contributed by atoms with van der Waals surface area (Å²) in [6.45, 7) is 8.80. The van der Waals surface area contributed by atoms with Crippen molar-refractivity contribution in [1.82, 2.24) is 0 Å². The number of esters is 1. The molecule has 0 amide bonds. The molecule has 0 saturated heterocycles. The Morgan fingerprint density at radius 2 is 2.00 bits per heavy atom. The molecule has 1 aliphatic carbocycles. The van der Waals surface area contributed by atoms with Gasteiger partial charge in [-0.15, -0.1) is 11.8 Å². The monoisotopic (exact) mass is 422 g/mol. The number of thiocarbonyl (C=S) groups is 1. The fraction of sp³-hybridized carbons (Fsp3) is 0.545. The van der Waals surface area contributed by atoms with E-state index < -0.39 is 0 Å². The van der Waals surface area contributed by atoms with Crippen molar-refractivity contribution in [1.29, 1.82) is 0 Å². The van der Waals surface area contributed by atoms with Crippen LogP contribution in [0.4, 0.5) is 0 Å². The normalized spacial score (nSPS) is 22.6. The van der Waals surface area contributed by atoms with Gasteiger partial charge in [0.05, 0.1) is 6.61 Å². The predicted molar refractivity (Wildman–Crippen MR) is 118 cm³/mol. The van der Waals surface area contributed by atoms with Crippen molar-refractivity contribution in [2.45, 2.75) is 57.8 Å². The molecule has 0 unspecified atom stereocenters. The number of benzene rings is 1. The summed E-state index contributed by atoms with van der Waals surface area (Å²) in [5, 5.41) is 1.99. The average Bonchev–Trinajstić information content (AvgIpc) is 2.62. The summed E-state index contributed by atoms with van der Waals surface area (Å²) >= 11 is 6.99. The summed E-state index contributed by atoms with van der Waals surface area (Å²) in [4.78, 5) is 11.6. The maximum Gasteiger partial charge on any atom is 0.358 e. The lowest BCUT2D eigenvalue weighted by atomic mass is 9.75. The van der Waals surface area contributed by atoms with Gasteiger partial charge in [0.1, 0.15) is 11.9 Å². The highest BCUT2D eigenvalue weighted by Crippen LogP contribution is 2.44. The van der Waals surface area contributed by atoms with Crippen LogP contribution in [0.2, 0.25) is 0 Å². The summed E-state index contributed by atoms with van der Waals surface area (Å²) in [5.41, 5.74) is 0. The Hall–Kier alpha value is -1.53. The molecule has 0 spiro atoms. The van der Waals surface area contributed by atoms with Crippen LogP contribution in [-0.2, 0) is 14.3 Å². The Morgan fingerprint density at radius 3 is 2.68 bits per heavy atom. The van der Waals surface area contributed by atoms with E-state index in [2.05, 4.69) is 20.8 Å². The first-order valence-electron chi connectivity index (χ1n) is 9.76. The zero-order chi connectivity index (χ0) is 20.6. The van der Waals surface area contributed by atoms with E-state index >= 15 is 0 Å². The number of ether oxygens (including phenoxy) is 3. The van der Waals surface area contributed by atoms with Gasteiger partial charge in [0, 0.05) is 29.0 Å². The van der Waals surface area contributed by atoms with Crippen molar-refractivity contribution in [2.24, 2.45) is 11.8 Å². The third-order valence-electron chi connectivity index (χ3n) is 5.00. The fourth-order valence-corrected chi connectivity index (χ4v) is 4.72. The van der Waals surface area contributed by atoms with Crippen LogP contribution in [-0.4, -0.2) is 28.7 Å². The molecule has 0 N–H and O–H groups in total. The molecule has 28 heavy (non-hydrogen) atoms. The molecule has 1 saturated carbocycles. The molecule has 1 aromatic rings. The van der Waals surface area contributed by atoms with E-state index in [1.807, 2.05) is 35.7 Å². The summed E-state index contributed by atoms with van der Waals surface area (Å²) in [7, 11) is 0. The number of carbonyl (C=O) groups is 1. The van der Waals surface area contributed by atoms with Crippen LogP contribution in [0.3, 0.4) is 0 Å². The van der Waals surface area contributed by atoms with Crippen LogP contribution in [0, 0.1) is 11.8 Å². The third-order valence-corrected chi connectivity index (χ3v) is 6.36. The lowest BCUT2D eigenvalue weighted by Gasteiger charge is -2.42. The summed E-state index contributed by atoms with van der Waals surface area (Å²) in [5.74, 6) is 1.24. The molecule has 0 aromatic heterocycles. The second kappa shape index (κ2) is 10.9. The maximum absolute atomic E-state index is 11.6. The average molecular weight is 423 g/mol. The highest BCUT2D eigenvalue weighted by molar-refractivity contribution is 8.03. The molecular weight excluding hydrogens is 392 g/mol. The van der Waals surface area contributed by atoms with Crippen LogP contribution in [0.25, 0.3) is 0 Å². The Morgan fingerprint density at radius 1 is 1.29 bits per heavy atom. The maximum atomic E-state index is 11.6. The van der Waals surface area contributed by atoms with E-state index in [4.69, 9.17) is 26.4 Å². The Bertz CT molecular complexity index is 672. The minimum atomic E-state index is -0.312. The lowest BCUT2D eigenvalue weighted by Crippen LogP contribution is -2.43. The van der Waals surface area contributed by atoms with Gasteiger partial charge in [0.2, 0.25) is 0 Å². The molecule has 154 valence electrons. The van der Waals surface area contributed by atoms with Crippen molar-refractivity contribution in [3.8, 4) is 5.75 Å². The van der Waals surface area contributed by atoms with Gasteiger partial charge in [0.15, 0.2) is 0 Å². The molecule has 0 radical (unpaired) electrons. The largest absolute Gasteiger partial charge is 0.463 e. The minimum Gasteiger partial charge on any atom is -0.463 e. The van der Waals surface area contributed by atoms with Crippen molar-refractivity contribution in [2.75, 3.05) is 6.61 Å². The van der Waals surface area contributed by atoms with Crippen LogP contribution < -0.4 is 4.74 Å². The van der Waals surface area contributed by atoms with Gasteiger partial charge in [-0.3, -0.25) is 0 Å². The van der Waals surface area contributed by atoms with Crippen molar-refractivity contribution in [3.05, 3.63) is 41.8 Å².